The van der Waals surface area contributed by atoms with Gasteiger partial charge in [-0.05, 0) is 5.56 Å². The molecule has 2 saturated heterocycles. The third-order valence-corrected chi connectivity index (χ3v) is 4.58. The van der Waals surface area contributed by atoms with Gasteiger partial charge >= 0.3 is 0 Å². The van der Waals surface area contributed by atoms with Crippen LogP contribution in [0.25, 0.3) is 0 Å². The summed E-state index contributed by atoms with van der Waals surface area (Å²) >= 11 is 0. The number of amides is 1. The van der Waals surface area contributed by atoms with Crippen molar-refractivity contribution in [3.05, 3.63) is 54.1 Å². The Kier molecular flexibility index (Phi) is 3.85. The van der Waals surface area contributed by atoms with Crippen LogP contribution in [-0.2, 0) is 22.6 Å². The number of likely N-dealkylation sites (tertiary alicyclic amines) is 1. The molecular formula is C17H20N4O2. The van der Waals surface area contributed by atoms with Crippen molar-refractivity contribution in [2.75, 3.05) is 19.7 Å². The Balaban J connectivity index is 1.47. The standard InChI is InChI=1S/C17H20N4O2/c22-17-12-23-15-10-20(11-16-18-6-7-19-16)9-14(15)21(17)8-13-4-2-1-3-5-13/h1-7,14-15H,8-12H2,(H,18,19)/t14-,15+/m1/s1. The number of H-pyrrole nitrogens is 1. The van der Waals surface area contributed by atoms with Crippen LogP contribution < -0.4 is 0 Å². The fraction of sp³-hybridized carbons (Fsp3) is 0.412. The number of imidazole rings is 1. The second-order valence-electron chi connectivity index (χ2n) is 6.15. The number of morpholine rings is 1. The van der Waals surface area contributed by atoms with E-state index in [0.717, 1.165) is 31.0 Å². The van der Waals surface area contributed by atoms with Crippen molar-refractivity contribution in [2.24, 2.45) is 0 Å². The molecule has 0 spiro atoms. The first-order valence-corrected chi connectivity index (χ1v) is 7.95. The van der Waals surface area contributed by atoms with Crippen molar-refractivity contribution < 1.29 is 9.53 Å². The second-order valence-corrected chi connectivity index (χ2v) is 6.15. The largest absolute Gasteiger partial charge is 0.365 e. The first-order chi connectivity index (χ1) is 11.3. The number of aromatic amines is 1. The molecule has 6 heteroatoms. The number of nitrogens with zero attached hydrogens (tertiary/aromatic N) is 3. The Morgan fingerprint density at radius 3 is 2.87 bits per heavy atom. The number of carbonyl (C=O) groups excluding carboxylic acids is 1. The molecule has 2 aliphatic heterocycles. The minimum Gasteiger partial charge on any atom is -0.365 e. The molecular weight excluding hydrogens is 292 g/mol. The molecule has 1 amide bonds. The fourth-order valence-corrected chi connectivity index (χ4v) is 3.45. The topological polar surface area (TPSA) is 61.5 Å². The van der Waals surface area contributed by atoms with Crippen LogP contribution in [-0.4, -0.2) is 57.5 Å². The van der Waals surface area contributed by atoms with E-state index in [1.165, 1.54) is 0 Å². The highest BCUT2D eigenvalue weighted by atomic mass is 16.5. The molecule has 120 valence electrons. The number of ether oxygens (including phenoxy) is 1. The van der Waals surface area contributed by atoms with Crippen LogP contribution in [0, 0.1) is 0 Å². The van der Waals surface area contributed by atoms with Gasteiger partial charge in [-0.25, -0.2) is 4.98 Å². The quantitative estimate of drug-likeness (QED) is 0.916. The van der Waals surface area contributed by atoms with E-state index in [2.05, 4.69) is 27.0 Å². The molecule has 4 rings (SSSR count). The average molecular weight is 312 g/mol. The van der Waals surface area contributed by atoms with Gasteiger partial charge in [-0.2, -0.15) is 0 Å². The molecule has 6 nitrogen and oxygen atoms in total. The molecule has 0 aliphatic carbocycles. The molecule has 0 radical (unpaired) electrons. The van der Waals surface area contributed by atoms with Gasteiger partial charge in [-0.3, -0.25) is 9.69 Å². The van der Waals surface area contributed by atoms with Crippen molar-refractivity contribution in [3.8, 4) is 0 Å². The molecule has 23 heavy (non-hydrogen) atoms. The summed E-state index contributed by atoms with van der Waals surface area (Å²) in [5.41, 5.74) is 1.16. The molecule has 2 aliphatic rings. The lowest BCUT2D eigenvalue weighted by atomic mass is 10.1. The van der Waals surface area contributed by atoms with E-state index >= 15 is 0 Å². The molecule has 2 aromatic rings. The average Bonchev–Trinajstić information content (AvgIpc) is 3.21. The van der Waals surface area contributed by atoms with E-state index in [-0.39, 0.29) is 24.7 Å². The van der Waals surface area contributed by atoms with Crippen LogP contribution in [0.2, 0.25) is 0 Å². The predicted molar refractivity (Wildman–Crippen MR) is 84.4 cm³/mol. The molecule has 0 saturated carbocycles. The van der Waals surface area contributed by atoms with Crippen molar-refractivity contribution >= 4 is 5.91 Å². The maximum atomic E-state index is 12.3. The van der Waals surface area contributed by atoms with Gasteiger partial charge in [-0.1, -0.05) is 30.3 Å². The summed E-state index contributed by atoms with van der Waals surface area (Å²) in [6.45, 7) is 3.26. The number of rotatable bonds is 4. The Morgan fingerprint density at radius 2 is 2.09 bits per heavy atom. The number of hydrogen-bond acceptors (Lipinski definition) is 4. The van der Waals surface area contributed by atoms with Gasteiger partial charge < -0.3 is 14.6 Å². The number of benzene rings is 1. The van der Waals surface area contributed by atoms with Gasteiger partial charge in [-0.15, -0.1) is 0 Å². The Hall–Kier alpha value is -2.18. The first-order valence-electron chi connectivity index (χ1n) is 7.95. The van der Waals surface area contributed by atoms with Gasteiger partial charge in [0.2, 0.25) is 5.91 Å². The predicted octanol–water partition coefficient (Wildman–Crippen LogP) is 1.02. The van der Waals surface area contributed by atoms with E-state index < -0.39 is 0 Å². The van der Waals surface area contributed by atoms with E-state index in [1.807, 2.05) is 29.3 Å². The monoisotopic (exact) mass is 312 g/mol. The third-order valence-electron chi connectivity index (χ3n) is 4.58. The van der Waals surface area contributed by atoms with Crippen LogP contribution in [0.15, 0.2) is 42.7 Å². The lowest BCUT2D eigenvalue weighted by Crippen LogP contribution is -2.53. The van der Waals surface area contributed by atoms with Crippen LogP contribution in [0.5, 0.6) is 0 Å². The van der Waals surface area contributed by atoms with Crippen molar-refractivity contribution in [3.63, 3.8) is 0 Å². The van der Waals surface area contributed by atoms with E-state index in [0.29, 0.717) is 6.54 Å². The highest BCUT2D eigenvalue weighted by Crippen LogP contribution is 2.26. The fourth-order valence-electron chi connectivity index (χ4n) is 3.45. The number of nitrogens with one attached hydrogen (secondary N) is 1. The summed E-state index contributed by atoms with van der Waals surface area (Å²) in [5.74, 6) is 1.03. The number of carbonyl (C=O) groups is 1. The SMILES string of the molecule is O=C1CO[C@H]2CN(Cc3ncc[nH]3)C[C@H]2N1Cc1ccccc1. The third kappa shape index (κ3) is 3.00. The van der Waals surface area contributed by atoms with Crippen LogP contribution in [0.1, 0.15) is 11.4 Å². The van der Waals surface area contributed by atoms with Gasteiger partial charge in [0, 0.05) is 32.0 Å². The first kappa shape index (κ1) is 14.4. The second kappa shape index (κ2) is 6.14. The van der Waals surface area contributed by atoms with E-state index in [9.17, 15) is 4.79 Å². The van der Waals surface area contributed by atoms with Gasteiger partial charge in [0.25, 0.3) is 0 Å². The molecule has 1 aromatic carbocycles. The minimum absolute atomic E-state index is 0.0787. The molecule has 1 aromatic heterocycles. The van der Waals surface area contributed by atoms with Gasteiger partial charge in [0.15, 0.2) is 0 Å². The number of hydrogen-bond donors (Lipinski definition) is 1. The molecule has 0 bridgehead atoms. The van der Waals surface area contributed by atoms with Crippen molar-refractivity contribution in [2.45, 2.75) is 25.2 Å². The molecule has 1 N–H and O–H groups in total. The summed E-state index contributed by atoms with van der Waals surface area (Å²) in [7, 11) is 0. The summed E-state index contributed by atoms with van der Waals surface area (Å²) in [4.78, 5) is 24.0. The smallest absolute Gasteiger partial charge is 0.249 e. The van der Waals surface area contributed by atoms with Crippen LogP contribution >= 0.6 is 0 Å². The number of aromatic nitrogens is 2. The zero-order chi connectivity index (χ0) is 15.6. The normalized spacial score (nSPS) is 24.9. The van der Waals surface area contributed by atoms with E-state index in [4.69, 9.17) is 4.74 Å². The molecule has 2 atom stereocenters. The Morgan fingerprint density at radius 1 is 1.22 bits per heavy atom. The molecule has 3 heterocycles. The minimum atomic E-state index is 0.0787. The van der Waals surface area contributed by atoms with E-state index in [1.54, 1.807) is 6.20 Å². The Labute approximate surface area is 135 Å². The van der Waals surface area contributed by atoms with Crippen molar-refractivity contribution in [1.29, 1.82) is 0 Å². The molecule has 2 fully saturated rings. The summed E-state index contributed by atoms with van der Waals surface area (Å²) in [5, 5.41) is 0. The zero-order valence-corrected chi connectivity index (χ0v) is 12.9. The lowest BCUT2D eigenvalue weighted by Gasteiger charge is -2.36. The molecule has 0 unspecified atom stereocenters. The highest BCUT2D eigenvalue weighted by Gasteiger charge is 2.43. The maximum Gasteiger partial charge on any atom is 0.249 e. The van der Waals surface area contributed by atoms with Crippen LogP contribution in [0.4, 0.5) is 0 Å². The Bertz CT molecular complexity index is 658. The van der Waals surface area contributed by atoms with Crippen molar-refractivity contribution in [1.82, 2.24) is 19.8 Å². The van der Waals surface area contributed by atoms with Gasteiger partial charge in [0.1, 0.15) is 12.4 Å². The zero-order valence-electron chi connectivity index (χ0n) is 12.9. The number of fused-ring (bicyclic) bond motifs is 1. The summed E-state index contributed by atoms with van der Waals surface area (Å²) in [6.07, 6.45) is 3.69. The van der Waals surface area contributed by atoms with Crippen LogP contribution in [0.3, 0.4) is 0 Å². The van der Waals surface area contributed by atoms with Gasteiger partial charge in [0.05, 0.1) is 18.7 Å². The summed E-state index contributed by atoms with van der Waals surface area (Å²) < 4.78 is 5.77. The highest BCUT2D eigenvalue weighted by molar-refractivity contribution is 5.78. The maximum absolute atomic E-state index is 12.3. The lowest BCUT2D eigenvalue weighted by molar-refractivity contribution is -0.153. The summed E-state index contributed by atoms with van der Waals surface area (Å²) in [6, 6.07) is 10.3.